The third-order valence-corrected chi connectivity index (χ3v) is 6.34. The summed E-state index contributed by atoms with van der Waals surface area (Å²) in [5.41, 5.74) is 3.28. The van der Waals surface area contributed by atoms with Crippen LogP contribution < -0.4 is 15.5 Å². The highest BCUT2D eigenvalue weighted by atomic mass is 35.5. The molecule has 178 valence electrons. The zero-order valence-electron chi connectivity index (χ0n) is 19.6. The number of methoxy groups -OCH3 is 1. The largest absolute Gasteiger partial charge is 0.375 e. The molecule has 4 rings (SSSR count). The van der Waals surface area contributed by atoms with Crippen LogP contribution in [0, 0.1) is 0 Å². The minimum atomic E-state index is -0.271. The predicted molar refractivity (Wildman–Crippen MR) is 139 cm³/mol. The van der Waals surface area contributed by atoms with Gasteiger partial charge in [0, 0.05) is 36.9 Å². The molecule has 1 aliphatic heterocycles. The smallest absolute Gasteiger partial charge is 0.250 e. The molecule has 1 saturated heterocycles. The first-order valence-corrected chi connectivity index (χ1v) is 11.7. The van der Waals surface area contributed by atoms with E-state index in [1.54, 1.807) is 12.3 Å². The Kier molecular flexibility index (Phi) is 6.93. The minimum Gasteiger partial charge on any atom is -0.375 e. The SMILES string of the molecule is COCC(=O)Nc1ccc(N2C(=S)N[C@@H](c3ccccn3)[C@@H]2c2ccn(C(C)(C)C)c2)cc1Cl. The van der Waals surface area contributed by atoms with E-state index in [0.717, 1.165) is 16.9 Å². The summed E-state index contributed by atoms with van der Waals surface area (Å²) in [4.78, 5) is 18.6. The number of rotatable bonds is 6. The number of thiocarbonyl (C=S) groups is 1. The highest BCUT2D eigenvalue weighted by molar-refractivity contribution is 7.80. The molecule has 0 saturated carbocycles. The second kappa shape index (κ2) is 9.74. The number of carbonyl (C=O) groups is 1. The van der Waals surface area contributed by atoms with Crippen LogP contribution in [0.4, 0.5) is 11.4 Å². The van der Waals surface area contributed by atoms with Gasteiger partial charge < -0.3 is 24.8 Å². The molecule has 1 aliphatic rings. The summed E-state index contributed by atoms with van der Waals surface area (Å²) in [6.45, 7) is 6.45. The number of aromatic nitrogens is 2. The monoisotopic (exact) mass is 497 g/mol. The van der Waals surface area contributed by atoms with Gasteiger partial charge in [0.15, 0.2) is 5.11 Å². The number of amides is 1. The number of carbonyl (C=O) groups excluding carboxylic acids is 1. The van der Waals surface area contributed by atoms with Crippen LogP contribution in [-0.4, -0.2) is 34.3 Å². The molecule has 7 nitrogen and oxygen atoms in total. The molecular weight excluding hydrogens is 470 g/mol. The zero-order chi connectivity index (χ0) is 24.5. The lowest BCUT2D eigenvalue weighted by Crippen LogP contribution is -2.29. The Balaban J connectivity index is 1.74. The Labute approximate surface area is 210 Å². The lowest BCUT2D eigenvalue weighted by molar-refractivity contribution is -0.119. The first-order chi connectivity index (χ1) is 16.2. The summed E-state index contributed by atoms with van der Waals surface area (Å²) >= 11 is 12.3. The lowest BCUT2D eigenvalue weighted by Gasteiger charge is -2.28. The maximum Gasteiger partial charge on any atom is 0.250 e. The highest BCUT2D eigenvalue weighted by Crippen LogP contribution is 2.43. The molecule has 0 bridgehead atoms. The van der Waals surface area contributed by atoms with Crippen LogP contribution in [0.1, 0.15) is 44.1 Å². The summed E-state index contributed by atoms with van der Waals surface area (Å²) in [6.07, 6.45) is 6.03. The van der Waals surface area contributed by atoms with Gasteiger partial charge in [-0.2, -0.15) is 0 Å². The number of ether oxygens (including phenoxy) is 1. The normalized spacial score (nSPS) is 18.1. The maximum atomic E-state index is 11.9. The molecule has 34 heavy (non-hydrogen) atoms. The first kappa shape index (κ1) is 24.2. The Bertz CT molecular complexity index is 1190. The van der Waals surface area contributed by atoms with Crippen molar-refractivity contribution in [2.75, 3.05) is 23.9 Å². The minimum absolute atomic E-state index is 0.0448. The van der Waals surface area contributed by atoms with Crippen molar-refractivity contribution in [1.29, 1.82) is 0 Å². The van der Waals surface area contributed by atoms with Crippen LogP contribution in [0.25, 0.3) is 0 Å². The van der Waals surface area contributed by atoms with E-state index in [0.29, 0.717) is 15.8 Å². The van der Waals surface area contributed by atoms with Crippen molar-refractivity contribution in [3.63, 3.8) is 0 Å². The van der Waals surface area contributed by atoms with Crippen LogP contribution in [0.3, 0.4) is 0 Å². The van der Waals surface area contributed by atoms with Gasteiger partial charge in [-0.05, 0) is 75.0 Å². The van der Waals surface area contributed by atoms with Crippen molar-refractivity contribution in [2.45, 2.75) is 38.4 Å². The number of pyridine rings is 1. The van der Waals surface area contributed by atoms with E-state index in [9.17, 15) is 4.79 Å². The van der Waals surface area contributed by atoms with E-state index < -0.39 is 0 Å². The van der Waals surface area contributed by atoms with Crippen molar-refractivity contribution in [3.8, 4) is 0 Å². The topological polar surface area (TPSA) is 71.4 Å². The van der Waals surface area contributed by atoms with E-state index in [1.165, 1.54) is 7.11 Å². The Morgan fingerprint density at radius 1 is 1.26 bits per heavy atom. The average molecular weight is 498 g/mol. The Hall–Kier alpha value is -2.94. The van der Waals surface area contributed by atoms with Crippen LogP contribution in [0.5, 0.6) is 0 Å². The Morgan fingerprint density at radius 2 is 2.06 bits per heavy atom. The van der Waals surface area contributed by atoms with E-state index in [-0.39, 0.29) is 30.1 Å². The first-order valence-electron chi connectivity index (χ1n) is 11.0. The molecule has 1 fully saturated rings. The van der Waals surface area contributed by atoms with Crippen molar-refractivity contribution in [3.05, 3.63) is 77.3 Å². The molecule has 2 aromatic heterocycles. The summed E-state index contributed by atoms with van der Waals surface area (Å²) in [6, 6.07) is 13.2. The number of anilines is 2. The number of benzene rings is 1. The lowest BCUT2D eigenvalue weighted by atomic mass is 9.98. The molecule has 2 atom stereocenters. The van der Waals surface area contributed by atoms with Gasteiger partial charge in [0.25, 0.3) is 0 Å². The van der Waals surface area contributed by atoms with Crippen LogP contribution in [0.2, 0.25) is 5.02 Å². The van der Waals surface area contributed by atoms with Crippen molar-refractivity contribution < 1.29 is 9.53 Å². The standard InChI is InChI=1S/C25H28ClN5O2S/c1-25(2,3)30-12-10-16(14-30)23-22(20-7-5-6-11-27-20)29-24(34)31(23)17-8-9-19(18(26)13-17)28-21(32)15-33-4/h5-14,22-23H,15H2,1-4H3,(H,28,32)(H,29,34)/t22-,23-/m0/s1. The summed E-state index contributed by atoms with van der Waals surface area (Å²) < 4.78 is 7.07. The van der Waals surface area contributed by atoms with Gasteiger partial charge in [0.1, 0.15) is 6.61 Å². The molecule has 0 aliphatic carbocycles. The van der Waals surface area contributed by atoms with Crippen LogP contribution in [0.15, 0.2) is 61.1 Å². The summed E-state index contributed by atoms with van der Waals surface area (Å²) in [5.74, 6) is -0.271. The molecule has 0 unspecified atom stereocenters. The molecule has 3 heterocycles. The van der Waals surface area contributed by atoms with E-state index in [4.69, 9.17) is 28.6 Å². The van der Waals surface area contributed by atoms with Gasteiger partial charge in [-0.25, -0.2) is 0 Å². The predicted octanol–water partition coefficient (Wildman–Crippen LogP) is 5.05. The molecule has 1 aromatic carbocycles. The second-order valence-corrected chi connectivity index (χ2v) is 9.96. The third kappa shape index (κ3) is 4.94. The fourth-order valence-electron chi connectivity index (χ4n) is 4.05. The molecule has 9 heteroatoms. The van der Waals surface area contributed by atoms with E-state index >= 15 is 0 Å². The number of nitrogens with one attached hydrogen (secondary N) is 2. The summed E-state index contributed by atoms with van der Waals surface area (Å²) in [5, 5.41) is 7.21. The quantitative estimate of drug-likeness (QED) is 0.464. The van der Waals surface area contributed by atoms with Crippen LogP contribution in [-0.2, 0) is 15.1 Å². The Morgan fingerprint density at radius 3 is 2.68 bits per heavy atom. The van der Waals surface area contributed by atoms with Gasteiger partial charge in [0.2, 0.25) is 5.91 Å². The number of halogens is 1. The fraction of sp³-hybridized carbons (Fsp3) is 0.320. The van der Waals surface area contributed by atoms with Gasteiger partial charge >= 0.3 is 0 Å². The molecule has 3 aromatic rings. The van der Waals surface area contributed by atoms with Crippen molar-refractivity contribution >= 4 is 46.2 Å². The van der Waals surface area contributed by atoms with Crippen molar-refractivity contribution in [1.82, 2.24) is 14.9 Å². The zero-order valence-corrected chi connectivity index (χ0v) is 21.2. The van der Waals surface area contributed by atoms with Gasteiger partial charge in [0.05, 0.1) is 28.5 Å². The highest BCUT2D eigenvalue weighted by Gasteiger charge is 2.41. The molecule has 0 spiro atoms. The van der Waals surface area contributed by atoms with Gasteiger partial charge in [-0.1, -0.05) is 17.7 Å². The summed E-state index contributed by atoms with van der Waals surface area (Å²) in [7, 11) is 1.47. The number of nitrogens with zero attached hydrogens (tertiary/aromatic N) is 3. The number of hydrogen-bond acceptors (Lipinski definition) is 4. The van der Waals surface area contributed by atoms with E-state index in [1.807, 2.05) is 30.3 Å². The van der Waals surface area contributed by atoms with Crippen molar-refractivity contribution in [2.24, 2.45) is 0 Å². The third-order valence-electron chi connectivity index (χ3n) is 5.71. The molecule has 0 radical (unpaired) electrons. The van der Waals surface area contributed by atoms with E-state index in [2.05, 4.69) is 64.3 Å². The van der Waals surface area contributed by atoms with Crippen LogP contribution >= 0.6 is 23.8 Å². The molecule has 1 amide bonds. The number of hydrogen-bond donors (Lipinski definition) is 2. The van der Waals surface area contributed by atoms with Gasteiger partial charge in [-0.15, -0.1) is 0 Å². The second-order valence-electron chi connectivity index (χ2n) is 9.16. The van der Waals surface area contributed by atoms with Gasteiger partial charge in [-0.3, -0.25) is 9.78 Å². The fourth-order valence-corrected chi connectivity index (χ4v) is 4.62. The maximum absolute atomic E-state index is 11.9. The molecule has 2 N–H and O–H groups in total. The molecular formula is C25H28ClN5O2S. The average Bonchev–Trinajstić information content (AvgIpc) is 3.41.